The average molecular weight is 422 g/mol. The second-order valence-corrected chi connectivity index (χ2v) is 9.14. The number of amides is 1. The summed E-state index contributed by atoms with van der Waals surface area (Å²) in [6.07, 6.45) is 5.30. The molecule has 1 amide bonds. The third-order valence-electron chi connectivity index (χ3n) is 5.85. The van der Waals surface area contributed by atoms with Crippen molar-refractivity contribution in [2.45, 2.75) is 65.8 Å². The van der Waals surface area contributed by atoms with Gasteiger partial charge >= 0.3 is 0 Å². The highest BCUT2D eigenvalue weighted by Gasteiger charge is 2.21. The number of aryl methyl sites for hydroxylation is 1. The number of hydrogen-bond donors (Lipinski definition) is 1. The zero-order valence-corrected chi connectivity index (χ0v) is 18.8. The SMILES string of the molecule is Cc1nnc(-c2cc(CC(C)C)n(-c3cccc(C(=O)NC4CCC(C)CC4)c3)n2)o1. The molecule has 0 bridgehead atoms. The Labute approximate surface area is 183 Å². The average Bonchev–Trinajstić information content (AvgIpc) is 3.35. The van der Waals surface area contributed by atoms with Gasteiger partial charge in [-0.05, 0) is 68.2 Å². The van der Waals surface area contributed by atoms with E-state index in [0.29, 0.717) is 29.0 Å². The normalized spacial score (nSPS) is 19.0. The smallest absolute Gasteiger partial charge is 0.268 e. The molecule has 0 atom stereocenters. The minimum atomic E-state index is -0.0216. The van der Waals surface area contributed by atoms with E-state index in [1.807, 2.05) is 35.0 Å². The maximum absolute atomic E-state index is 12.9. The fourth-order valence-electron chi connectivity index (χ4n) is 4.16. The lowest BCUT2D eigenvalue weighted by Crippen LogP contribution is -2.37. The minimum Gasteiger partial charge on any atom is -0.420 e. The second kappa shape index (κ2) is 9.04. The molecular formula is C24H31N5O2. The molecule has 164 valence electrons. The lowest BCUT2D eigenvalue weighted by molar-refractivity contribution is 0.0923. The van der Waals surface area contributed by atoms with Crippen LogP contribution < -0.4 is 5.32 Å². The number of carbonyl (C=O) groups is 1. The monoisotopic (exact) mass is 421 g/mol. The van der Waals surface area contributed by atoms with Gasteiger partial charge < -0.3 is 9.73 Å². The molecule has 0 radical (unpaired) electrons. The number of hydrogen-bond acceptors (Lipinski definition) is 5. The molecule has 1 fully saturated rings. The van der Waals surface area contributed by atoms with E-state index in [4.69, 9.17) is 9.52 Å². The summed E-state index contributed by atoms with van der Waals surface area (Å²) in [7, 11) is 0. The minimum absolute atomic E-state index is 0.0216. The summed E-state index contributed by atoms with van der Waals surface area (Å²) in [6.45, 7) is 8.38. The second-order valence-electron chi connectivity index (χ2n) is 9.14. The van der Waals surface area contributed by atoms with Gasteiger partial charge in [-0.1, -0.05) is 26.8 Å². The van der Waals surface area contributed by atoms with Gasteiger partial charge in [-0.15, -0.1) is 10.2 Å². The van der Waals surface area contributed by atoms with Crippen LogP contribution in [-0.4, -0.2) is 31.9 Å². The van der Waals surface area contributed by atoms with E-state index in [9.17, 15) is 4.79 Å². The molecule has 3 aromatic rings. The molecule has 2 aromatic heterocycles. The number of aromatic nitrogens is 4. The largest absolute Gasteiger partial charge is 0.420 e. The van der Waals surface area contributed by atoms with Crippen molar-refractivity contribution >= 4 is 5.91 Å². The number of nitrogens with one attached hydrogen (secondary N) is 1. The molecule has 0 unspecified atom stereocenters. The van der Waals surface area contributed by atoms with Crippen molar-refractivity contribution in [2.75, 3.05) is 0 Å². The van der Waals surface area contributed by atoms with Crippen LogP contribution in [0.1, 0.15) is 68.4 Å². The summed E-state index contributed by atoms with van der Waals surface area (Å²) in [5, 5.41) is 16.0. The lowest BCUT2D eigenvalue weighted by Gasteiger charge is -2.27. The summed E-state index contributed by atoms with van der Waals surface area (Å²) < 4.78 is 7.45. The van der Waals surface area contributed by atoms with Gasteiger partial charge in [0.15, 0.2) is 0 Å². The summed E-state index contributed by atoms with van der Waals surface area (Å²) >= 11 is 0. The molecule has 1 aromatic carbocycles. The third kappa shape index (κ3) is 5.03. The standard InChI is InChI=1S/C24H31N5O2/c1-15(2)12-21-14-22(24-27-26-17(4)31-24)28-29(21)20-7-5-6-18(13-20)23(30)25-19-10-8-16(3)9-11-19/h5-7,13-16,19H,8-12H2,1-4H3,(H,25,30). The fraction of sp³-hybridized carbons (Fsp3) is 0.500. The Morgan fingerprint density at radius 2 is 1.97 bits per heavy atom. The van der Waals surface area contributed by atoms with Crippen molar-refractivity contribution in [1.82, 2.24) is 25.3 Å². The number of carbonyl (C=O) groups excluding carboxylic acids is 1. The quantitative estimate of drug-likeness (QED) is 0.621. The Morgan fingerprint density at radius 1 is 1.19 bits per heavy atom. The maximum atomic E-state index is 12.9. The molecule has 1 N–H and O–H groups in total. The molecule has 0 saturated heterocycles. The topological polar surface area (TPSA) is 85.8 Å². The van der Waals surface area contributed by atoms with Crippen LogP contribution >= 0.6 is 0 Å². The van der Waals surface area contributed by atoms with Gasteiger partial charge in [0.1, 0.15) is 5.69 Å². The van der Waals surface area contributed by atoms with E-state index in [1.54, 1.807) is 6.92 Å². The van der Waals surface area contributed by atoms with Crippen LogP contribution in [0.2, 0.25) is 0 Å². The molecule has 31 heavy (non-hydrogen) atoms. The molecule has 1 saturated carbocycles. The highest BCUT2D eigenvalue weighted by atomic mass is 16.4. The van der Waals surface area contributed by atoms with E-state index >= 15 is 0 Å². The first-order valence-corrected chi connectivity index (χ1v) is 11.2. The van der Waals surface area contributed by atoms with Gasteiger partial charge in [0.25, 0.3) is 11.8 Å². The maximum Gasteiger partial charge on any atom is 0.268 e. The van der Waals surface area contributed by atoms with Crippen LogP contribution in [0.3, 0.4) is 0 Å². The van der Waals surface area contributed by atoms with Gasteiger partial charge in [-0.2, -0.15) is 5.10 Å². The lowest BCUT2D eigenvalue weighted by atomic mass is 9.87. The molecule has 7 heteroatoms. The molecule has 1 aliphatic rings. The molecular weight excluding hydrogens is 390 g/mol. The first kappa shape index (κ1) is 21.3. The molecule has 1 aliphatic carbocycles. The van der Waals surface area contributed by atoms with Crippen molar-refractivity contribution in [3.63, 3.8) is 0 Å². The zero-order chi connectivity index (χ0) is 22.0. The van der Waals surface area contributed by atoms with E-state index in [1.165, 1.54) is 12.8 Å². The van der Waals surface area contributed by atoms with Gasteiger partial charge in [-0.3, -0.25) is 4.79 Å². The Balaban J connectivity index is 1.60. The van der Waals surface area contributed by atoms with E-state index in [2.05, 4.69) is 36.3 Å². The summed E-state index contributed by atoms with van der Waals surface area (Å²) in [4.78, 5) is 12.9. The number of benzene rings is 1. The summed E-state index contributed by atoms with van der Waals surface area (Å²) in [5.41, 5.74) is 3.18. The molecule has 0 aliphatic heterocycles. The number of nitrogens with zero attached hydrogens (tertiary/aromatic N) is 4. The van der Waals surface area contributed by atoms with Crippen molar-refractivity contribution < 1.29 is 9.21 Å². The molecule has 4 rings (SSSR count). The predicted molar refractivity (Wildman–Crippen MR) is 119 cm³/mol. The Morgan fingerprint density at radius 3 is 2.65 bits per heavy atom. The van der Waals surface area contributed by atoms with Crippen molar-refractivity contribution in [3.05, 3.63) is 47.5 Å². The Hall–Kier alpha value is -2.96. The zero-order valence-electron chi connectivity index (χ0n) is 18.8. The highest BCUT2D eigenvalue weighted by molar-refractivity contribution is 5.94. The van der Waals surface area contributed by atoms with Gasteiger partial charge in [-0.25, -0.2) is 4.68 Å². The van der Waals surface area contributed by atoms with Crippen LogP contribution in [-0.2, 0) is 6.42 Å². The first-order chi connectivity index (χ1) is 14.9. The van der Waals surface area contributed by atoms with E-state index < -0.39 is 0 Å². The first-order valence-electron chi connectivity index (χ1n) is 11.2. The summed E-state index contributed by atoms with van der Waals surface area (Å²) in [5.74, 6) is 2.10. The third-order valence-corrected chi connectivity index (χ3v) is 5.85. The van der Waals surface area contributed by atoms with Crippen LogP contribution in [0.25, 0.3) is 17.3 Å². The molecule has 0 spiro atoms. The van der Waals surface area contributed by atoms with Gasteiger partial charge in [0.05, 0.1) is 5.69 Å². The number of rotatable bonds is 6. The highest BCUT2D eigenvalue weighted by Crippen LogP contribution is 2.25. The predicted octanol–water partition coefficient (Wildman–Crippen LogP) is 4.74. The molecule has 7 nitrogen and oxygen atoms in total. The van der Waals surface area contributed by atoms with Crippen LogP contribution in [0.4, 0.5) is 0 Å². The van der Waals surface area contributed by atoms with E-state index in [0.717, 1.165) is 36.6 Å². The fourth-order valence-corrected chi connectivity index (χ4v) is 4.16. The Bertz CT molecular complexity index is 1040. The molecule has 2 heterocycles. The van der Waals surface area contributed by atoms with E-state index in [-0.39, 0.29) is 11.9 Å². The Kier molecular flexibility index (Phi) is 6.20. The van der Waals surface area contributed by atoms with Crippen molar-refractivity contribution in [1.29, 1.82) is 0 Å². The van der Waals surface area contributed by atoms with Gasteiger partial charge in [0, 0.05) is 24.2 Å². The van der Waals surface area contributed by atoms with Gasteiger partial charge in [0.2, 0.25) is 5.89 Å². The van der Waals surface area contributed by atoms with Crippen LogP contribution in [0, 0.1) is 18.8 Å². The van der Waals surface area contributed by atoms with Crippen LogP contribution in [0.15, 0.2) is 34.7 Å². The van der Waals surface area contributed by atoms with Crippen molar-refractivity contribution in [2.24, 2.45) is 11.8 Å². The van der Waals surface area contributed by atoms with Crippen molar-refractivity contribution in [3.8, 4) is 17.3 Å². The van der Waals surface area contributed by atoms with Crippen LogP contribution in [0.5, 0.6) is 0 Å². The summed E-state index contributed by atoms with van der Waals surface area (Å²) in [6, 6.07) is 9.89.